The summed E-state index contributed by atoms with van der Waals surface area (Å²) in [7, 11) is 0. The van der Waals surface area contributed by atoms with Crippen molar-refractivity contribution in [1.29, 1.82) is 0 Å². The molecule has 28 heavy (non-hydrogen) atoms. The minimum atomic E-state index is -0.194. The number of hydrogen-bond acceptors (Lipinski definition) is 3. The van der Waals surface area contributed by atoms with Gasteiger partial charge in [0, 0.05) is 11.8 Å². The summed E-state index contributed by atoms with van der Waals surface area (Å²) in [6, 6.07) is 26.1. The summed E-state index contributed by atoms with van der Waals surface area (Å²) < 4.78 is 0. The third-order valence-corrected chi connectivity index (χ3v) is 4.63. The number of nitrogens with one attached hydrogen (secondary N) is 1. The van der Waals surface area contributed by atoms with E-state index in [0.29, 0.717) is 11.4 Å². The Balaban J connectivity index is 1.61. The van der Waals surface area contributed by atoms with Crippen LogP contribution < -0.4 is 5.32 Å². The number of aromatic nitrogens is 2. The van der Waals surface area contributed by atoms with E-state index in [2.05, 4.69) is 51.7 Å². The number of carbonyl (C=O) groups excluding carboxylic acids is 1. The van der Waals surface area contributed by atoms with Gasteiger partial charge < -0.3 is 5.32 Å². The summed E-state index contributed by atoms with van der Waals surface area (Å²) in [5, 5.41) is 2.80. The number of anilines is 1. The fourth-order valence-corrected chi connectivity index (χ4v) is 3.10. The number of rotatable bonds is 4. The minimum Gasteiger partial charge on any atom is -0.306 e. The molecule has 1 heterocycles. The Labute approximate surface area is 163 Å². The van der Waals surface area contributed by atoms with Gasteiger partial charge in [0.25, 0.3) is 5.91 Å². The molecule has 0 spiro atoms. The Morgan fingerprint density at radius 1 is 0.821 bits per heavy atom. The molecule has 0 unspecified atom stereocenters. The maximum atomic E-state index is 12.6. The third-order valence-electron chi connectivity index (χ3n) is 4.63. The van der Waals surface area contributed by atoms with Crippen LogP contribution in [0.4, 0.5) is 5.82 Å². The van der Waals surface area contributed by atoms with Crippen molar-refractivity contribution in [3.8, 4) is 22.3 Å². The van der Waals surface area contributed by atoms with E-state index in [1.807, 2.05) is 43.3 Å². The Hall–Kier alpha value is -3.79. The van der Waals surface area contributed by atoms with Crippen molar-refractivity contribution < 1.29 is 4.79 Å². The topological polar surface area (TPSA) is 54.9 Å². The molecule has 0 aliphatic heterocycles. The van der Waals surface area contributed by atoms with E-state index in [1.165, 1.54) is 17.5 Å². The van der Waals surface area contributed by atoms with Crippen molar-refractivity contribution in [2.24, 2.45) is 0 Å². The molecule has 0 saturated carbocycles. The monoisotopic (exact) mass is 365 g/mol. The van der Waals surface area contributed by atoms with Gasteiger partial charge in [0.05, 0.1) is 0 Å². The molecule has 0 aliphatic rings. The molecule has 0 radical (unpaired) electrons. The van der Waals surface area contributed by atoms with E-state index in [0.717, 1.165) is 16.7 Å². The van der Waals surface area contributed by atoms with Gasteiger partial charge in [0.15, 0.2) is 0 Å². The number of hydrogen-bond donors (Lipinski definition) is 1. The van der Waals surface area contributed by atoms with E-state index in [-0.39, 0.29) is 5.91 Å². The quantitative estimate of drug-likeness (QED) is 0.529. The summed E-state index contributed by atoms with van der Waals surface area (Å²) in [5.41, 5.74) is 6.17. The molecule has 1 amide bonds. The fraction of sp³-hybridized carbons (Fsp3) is 0.0417. The zero-order valence-electron chi connectivity index (χ0n) is 15.5. The predicted molar refractivity (Wildman–Crippen MR) is 112 cm³/mol. The van der Waals surface area contributed by atoms with Gasteiger partial charge in [-0.2, -0.15) is 0 Å². The van der Waals surface area contributed by atoms with Crippen LogP contribution in [0, 0.1) is 6.92 Å². The highest BCUT2D eigenvalue weighted by Gasteiger charge is 2.10. The summed E-state index contributed by atoms with van der Waals surface area (Å²) >= 11 is 0. The van der Waals surface area contributed by atoms with E-state index in [1.54, 1.807) is 12.3 Å². The van der Waals surface area contributed by atoms with Crippen molar-refractivity contribution in [2.45, 2.75) is 6.92 Å². The van der Waals surface area contributed by atoms with Crippen molar-refractivity contribution in [2.75, 3.05) is 5.32 Å². The van der Waals surface area contributed by atoms with Crippen LogP contribution in [-0.2, 0) is 0 Å². The Bertz CT molecular complexity index is 1090. The third kappa shape index (κ3) is 3.81. The predicted octanol–water partition coefficient (Wildman–Crippen LogP) is 5.37. The van der Waals surface area contributed by atoms with Crippen molar-refractivity contribution >= 4 is 11.7 Å². The van der Waals surface area contributed by atoms with Gasteiger partial charge in [-0.25, -0.2) is 9.97 Å². The first-order valence-electron chi connectivity index (χ1n) is 9.04. The van der Waals surface area contributed by atoms with Gasteiger partial charge in [-0.1, -0.05) is 60.7 Å². The van der Waals surface area contributed by atoms with Crippen LogP contribution >= 0.6 is 0 Å². The number of amides is 1. The smallest absolute Gasteiger partial charge is 0.256 e. The highest BCUT2D eigenvalue weighted by Crippen LogP contribution is 2.28. The van der Waals surface area contributed by atoms with Crippen LogP contribution in [0.5, 0.6) is 0 Å². The molecule has 4 rings (SSSR count). The van der Waals surface area contributed by atoms with Crippen molar-refractivity contribution in [3.05, 3.63) is 103 Å². The van der Waals surface area contributed by atoms with Gasteiger partial charge in [-0.3, -0.25) is 4.79 Å². The fourth-order valence-electron chi connectivity index (χ4n) is 3.10. The number of benzene rings is 3. The van der Waals surface area contributed by atoms with Crippen LogP contribution in [-0.4, -0.2) is 15.9 Å². The normalized spacial score (nSPS) is 10.5. The number of aryl methyl sites for hydroxylation is 1. The molecule has 4 aromatic rings. The minimum absolute atomic E-state index is 0.194. The largest absolute Gasteiger partial charge is 0.306 e. The first-order chi connectivity index (χ1) is 13.7. The maximum absolute atomic E-state index is 12.6. The number of nitrogens with zero attached hydrogens (tertiary/aromatic N) is 2. The SMILES string of the molecule is Cc1ccc(C(=O)Nc2ccncn2)cc1-c1ccc(-c2ccccc2)cc1. The molecule has 0 atom stereocenters. The second-order valence-electron chi connectivity index (χ2n) is 6.52. The lowest BCUT2D eigenvalue weighted by molar-refractivity contribution is 0.102. The zero-order valence-corrected chi connectivity index (χ0v) is 15.5. The molecule has 1 aromatic heterocycles. The average molecular weight is 365 g/mol. The Kier molecular flexibility index (Phi) is 4.93. The van der Waals surface area contributed by atoms with E-state index < -0.39 is 0 Å². The first-order valence-corrected chi connectivity index (χ1v) is 9.04. The molecular formula is C24H19N3O. The van der Waals surface area contributed by atoms with Gasteiger partial charge >= 0.3 is 0 Å². The Morgan fingerprint density at radius 2 is 1.54 bits per heavy atom. The molecule has 0 fully saturated rings. The van der Waals surface area contributed by atoms with Crippen LogP contribution in [0.2, 0.25) is 0 Å². The molecule has 4 nitrogen and oxygen atoms in total. The summed E-state index contributed by atoms with van der Waals surface area (Å²) in [6.07, 6.45) is 3.00. The summed E-state index contributed by atoms with van der Waals surface area (Å²) in [6.45, 7) is 2.05. The van der Waals surface area contributed by atoms with Gasteiger partial charge in [0.1, 0.15) is 12.1 Å². The Morgan fingerprint density at radius 3 is 2.25 bits per heavy atom. The highest BCUT2D eigenvalue weighted by molar-refractivity contribution is 6.04. The zero-order chi connectivity index (χ0) is 19.3. The highest BCUT2D eigenvalue weighted by atomic mass is 16.1. The average Bonchev–Trinajstić information content (AvgIpc) is 2.75. The second-order valence-corrected chi connectivity index (χ2v) is 6.52. The molecular weight excluding hydrogens is 346 g/mol. The van der Waals surface area contributed by atoms with Crippen molar-refractivity contribution in [1.82, 2.24) is 9.97 Å². The van der Waals surface area contributed by atoms with Gasteiger partial charge in [-0.15, -0.1) is 0 Å². The van der Waals surface area contributed by atoms with Gasteiger partial charge in [-0.05, 0) is 52.9 Å². The molecule has 4 heteroatoms. The van der Waals surface area contributed by atoms with Crippen LogP contribution in [0.1, 0.15) is 15.9 Å². The van der Waals surface area contributed by atoms with Crippen LogP contribution in [0.25, 0.3) is 22.3 Å². The first kappa shape index (κ1) is 17.6. The number of carbonyl (C=O) groups is 1. The summed E-state index contributed by atoms with van der Waals surface area (Å²) in [5.74, 6) is 0.287. The lowest BCUT2D eigenvalue weighted by Crippen LogP contribution is -2.13. The molecule has 136 valence electrons. The lowest BCUT2D eigenvalue weighted by atomic mass is 9.96. The lowest BCUT2D eigenvalue weighted by Gasteiger charge is -2.11. The molecule has 0 saturated heterocycles. The van der Waals surface area contributed by atoms with Crippen LogP contribution in [0.15, 0.2) is 91.4 Å². The standard InChI is InChI=1S/C24H19N3O/c1-17-7-8-21(24(28)27-23-13-14-25-16-26-23)15-22(17)20-11-9-19(10-12-20)18-5-3-2-4-6-18/h2-16H,1H3,(H,25,26,27,28). The molecule has 0 aliphatic carbocycles. The van der Waals surface area contributed by atoms with Crippen molar-refractivity contribution in [3.63, 3.8) is 0 Å². The van der Waals surface area contributed by atoms with Crippen LogP contribution in [0.3, 0.4) is 0 Å². The van der Waals surface area contributed by atoms with Gasteiger partial charge in [0.2, 0.25) is 0 Å². The molecule has 3 aromatic carbocycles. The maximum Gasteiger partial charge on any atom is 0.256 e. The summed E-state index contributed by atoms with van der Waals surface area (Å²) in [4.78, 5) is 20.5. The molecule has 1 N–H and O–H groups in total. The van der Waals surface area contributed by atoms with E-state index >= 15 is 0 Å². The van der Waals surface area contributed by atoms with E-state index in [9.17, 15) is 4.79 Å². The molecule has 0 bridgehead atoms. The van der Waals surface area contributed by atoms with E-state index in [4.69, 9.17) is 0 Å². The second kappa shape index (κ2) is 7.84.